The van der Waals surface area contributed by atoms with E-state index in [4.69, 9.17) is 0 Å². The predicted octanol–water partition coefficient (Wildman–Crippen LogP) is 2.33. The van der Waals surface area contributed by atoms with Gasteiger partial charge in [0, 0.05) is 0 Å². The fraction of sp³-hybridized carbons (Fsp3) is 1.00. The fourth-order valence-electron chi connectivity index (χ4n) is 2.14. The van der Waals surface area contributed by atoms with E-state index in [1.54, 1.807) is 0 Å². The molecule has 1 atom stereocenters. The summed E-state index contributed by atoms with van der Waals surface area (Å²) >= 11 is 0. The Morgan fingerprint density at radius 2 is 1.31 bits per heavy atom. The molecule has 0 fully saturated rings. The van der Waals surface area contributed by atoms with Crippen molar-refractivity contribution in [2.75, 3.05) is 0 Å². The first-order valence-corrected chi connectivity index (χ1v) is 5.32. The van der Waals surface area contributed by atoms with E-state index in [1.807, 2.05) is 34.6 Å². The summed E-state index contributed by atoms with van der Waals surface area (Å²) in [6.45, 7) is 9.69. The van der Waals surface area contributed by atoms with Crippen molar-refractivity contribution in [2.45, 2.75) is 65.1 Å². The lowest BCUT2D eigenvalue weighted by molar-refractivity contribution is -0.180. The Hall–Kier alpha value is -0.0800. The predicted molar refractivity (Wildman–Crippen MR) is 55.6 cm³/mol. The SMILES string of the molecule is CCC(O)(CC)[C@@](O)(CC)C(C)C. The smallest absolute Gasteiger partial charge is 0.0953 e. The topological polar surface area (TPSA) is 40.5 Å². The fourth-order valence-corrected chi connectivity index (χ4v) is 2.14. The van der Waals surface area contributed by atoms with Gasteiger partial charge in [-0.05, 0) is 25.2 Å². The molecule has 0 saturated carbocycles. The summed E-state index contributed by atoms with van der Waals surface area (Å²) < 4.78 is 0. The summed E-state index contributed by atoms with van der Waals surface area (Å²) in [4.78, 5) is 0. The van der Waals surface area contributed by atoms with Crippen molar-refractivity contribution in [1.29, 1.82) is 0 Å². The van der Waals surface area contributed by atoms with Crippen LogP contribution < -0.4 is 0 Å². The lowest BCUT2D eigenvalue weighted by Gasteiger charge is -2.45. The molecule has 0 aliphatic carbocycles. The number of aliphatic hydroxyl groups is 2. The number of rotatable bonds is 5. The minimum atomic E-state index is -0.948. The van der Waals surface area contributed by atoms with Crippen molar-refractivity contribution in [1.82, 2.24) is 0 Å². The van der Waals surface area contributed by atoms with E-state index in [0.29, 0.717) is 19.3 Å². The highest BCUT2D eigenvalue weighted by molar-refractivity contribution is 4.99. The molecule has 0 saturated heterocycles. The van der Waals surface area contributed by atoms with Crippen molar-refractivity contribution in [3.05, 3.63) is 0 Å². The van der Waals surface area contributed by atoms with E-state index >= 15 is 0 Å². The highest BCUT2D eigenvalue weighted by Gasteiger charge is 2.47. The normalized spacial score (nSPS) is 17.5. The van der Waals surface area contributed by atoms with Gasteiger partial charge >= 0.3 is 0 Å². The van der Waals surface area contributed by atoms with Gasteiger partial charge in [0.2, 0.25) is 0 Å². The molecule has 0 aliphatic rings. The summed E-state index contributed by atoms with van der Waals surface area (Å²) in [5.74, 6) is 0.0856. The minimum Gasteiger partial charge on any atom is -0.387 e. The molecular formula is C11H24O2. The standard InChI is InChI=1S/C11H24O2/c1-6-10(12,7-2)11(13,8-3)9(4)5/h9,12-13H,6-8H2,1-5H3/t11-/m1/s1. The molecule has 0 aromatic heterocycles. The zero-order chi connectivity index (χ0) is 10.7. The zero-order valence-corrected chi connectivity index (χ0v) is 9.59. The van der Waals surface area contributed by atoms with Crippen LogP contribution in [-0.4, -0.2) is 21.4 Å². The third kappa shape index (κ3) is 2.05. The molecule has 2 heteroatoms. The molecule has 0 spiro atoms. The van der Waals surface area contributed by atoms with Crippen LogP contribution in [0.3, 0.4) is 0 Å². The third-order valence-electron chi connectivity index (χ3n) is 3.47. The van der Waals surface area contributed by atoms with Gasteiger partial charge in [-0.2, -0.15) is 0 Å². The van der Waals surface area contributed by atoms with Crippen LogP contribution in [0, 0.1) is 5.92 Å². The summed E-state index contributed by atoms with van der Waals surface area (Å²) in [5, 5.41) is 20.6. The van der Waals surface area contributed by atoms with Crippen molar-refractivity contribution >= 4 is 0 Å². The van der Waals surface area contributed by atoms with E-state index in [9.17, 15) is 10.2 Å². The molecule has 0 bridgehead atoms. The molecule has 0 aliphatic heterocycles. The van der Waals surface area contributed by atoms with Gasteiger partial charge < -0.3 is 10.2 Å². The van der Waals surface area contributed by atoms with Crippen molar-refractivity contribution < 1.29 is 10.2 Å². The van der Waals surface area contributed by atoms with Gasteiger partial charge in [-0.25, -0.2) is 0 Å². The van der Waals surface area contributed by atoms with Gasteiger partial charge in [-0.1, -0.05) is 34.6 Å². The summed E-state index contributed by atoms with van der Waals surface area (Å²) in [6.07, 6.45) is 1.81. The molecule has 2 nitrogen and oxygen atoms in total. The van der Waals surface area contributed by atoms with E-state index < -0.39 is 11.2 Å². The van der Waals surface area contributed by atoms with E-state index in [0.717, 1.165) is 0 Å². The van der Waals surface area contributed by atoms with Crippen LogP contribution in [0.2, 0.25) is 0 Å². The van der Waals surface area contributed by atoms with Gasteiger partial charge in [0.1, 0.15) is 0 Å². The van der Waals surface area contributed by atoms with Crippen LogP contribution in [0.25, 0.3) is 0 Å². The Morgan fingerprint density at radius 1 is 0.923 bits per heavy atom. The Bertz CT molecular complexity index is 150. The summed E-state index contributed by atoms with van der Waals surface area (Å²) in [6, 6.07) is 0. The highest BCUT2D eigenvalue weighted by atomic mass is 16.4. The van der Waals surface area contributed by atoms with Crippen molar-refractivity contribution in [3.63, 3.8) is 0 Å². The number of hydrogen-bond donors (Lipinski definition) is 2. The van der Waals surface area contributed by atoms with Crippen LogP contribution in [0.4, 0.5) is 0 Å². The molecule has 0 rings (SSSR count). The van der Waals surface area contributed by atoms with Crippen LogP contribution in [0.15, 0.2) is 0 Å². The molecule has 0 aromatic carbocycles. The van der Waals surface area contributed by atoms with Crippen LogP contribution in [0.5, 0.6) is 0 Å². The molecular weight excluding hydrogens is 164 g/mol. The number of hydrogen-bond acceptors (Lipinski definition) is 2. The average molecular weight is 188 g/mol. The molecule has 0 amide bonds. The average Bonchev–Trinajstić information content (AvgIpc) is 2.14. The molecule has 0 heterocycles. The van der Waals surface area contributed by atoms with Crippen molar-refractivity contribution in [3.8, 4) is 0 Å². The van der Waals surface area contributed by atoms with E-state index in [1.165, 1.54) is 0 Å². The molecule has 0 aromatic rings. The summed E-state index contributed by atoms with van der Waals surface area (Å²) in [5.41, 5.74) is -1.88. The molecule has 0 radical (unpaired) electrons. The van der Waals surface area contributed by atoms with Crippen LogP contribution in [-0.2, 0) is 0 Å². The van der Waals surface area contributed by atoms with Crippen LogP contribution >= 0.6 is 0 Å². The van der Waals surface area contributed by atoms with E-state index in [-0.39, 0.29) is 5.92 Å². The first-order chi connectivity index (χ1) is 5.88. The monoisotopic (exact) mass is 188 g/mol. The minimum absolute atomic E-state index is 0.0856. The van der Waals surface area contributed by atoms with Gasteiger partial charge in [0.15, 0.2) is 0 Å². The maximum Gasteiger partial charge on any atom is 0.0953 e. The van der Waals surface area contributed by atoms with Gasteiger partial charge in [0.25, 0.3) is 0 Å². The molecule has 80 valence electrons. The molecule has 0 unspecified atom stereocenters. The second-order valence-corrected chi connectivity index (χ2v) is 4.17. The quantitative estimate of drug-likeness (QED) is 0.695. The second-order valence-electron chi connectivity index (χ2n) is 4.17. The highest BCUT2D eigenvalue weighted by Crippen LogP contribution is 2.37. The Balaban J connectivity index is 4.91. The van der Waals surface area contributed by atoms with Gasteiger partial charge in [-0.3, -0.25) is 0 Å². The Morgan fingerprint density at radius 3 is 1.38 bits per heavy atom. The largest absolute Gasteiger partial charge is 0.387 e. The first-order valence-electron chi connectivity index (χ1n) is 5.32. The summed E-state index contributed by atoms with van der Waals surface area (Å²) in [7, 11) is 0. The molecule has 13 heavy (non-hydrogen) atoms. The maximum absolute atomic E-state index is 10.4. The van der Waals surface area contributed by atoms with Gasteiger partial charge in [0.05, 0.1) is 11.2 Å². The first kappa shape index (κ1) is 12.9. The van der Waals surface area contributed by atoms with Gasteiger partial charge in [-0.15, -0.1) is 0 Å². The lowest BCUT2D eigenvalue weighted by Crippen LogP contribution is -2.56. The van der Waals surface area contributed by atoms with Crippen molar-refractivity contribution in [2.24, 2.45) is 5.92 Å². The Labute approximate surface area is 82.0 Å². The van der Waals surface area contributed by atoms with Crippen LogP contribution in [0.1, 0.15) is 53.9 Å². The zero-order valence-electron chi connectivity index (χ0n) is 9.59. The Kier molecular flexibility index (Phi) is 4.40. The molecule has 2 N–H and O–H groups in total. The lowest BCUT2D eigenvalue weighted by atomic mass is 9.70. The second kappa shape index (κ2) is 4.43. The maximum atomic E-state index is 10.4. The third-order valence-corrected chi connectivity index (χ3v) is 3.47. The van der Waals surface area contributed by atoms with E-state index in [2.05, 4.69) is 0 Å².